The summed E-state index contributed by atoms with van der Waals surface area (Å²) in [5.41, 5.74) is 3.71. The van der Waals surface area contributed by atoms with Gasteiger partial charge in [0.1, 0.15) is 12.0 Å². The molecule has 1 saturated heterocycles. The molecule has 0 aliphatic carbocycles. The maximum absolute atomic E-state index is 11.5. The number of rotatable bonds is 3. The van der Waals surface area contributed by atoms with Gasteiger partial charge in [-0.3, -0.25) is 9.89 Å². The normalized spacial score (nSPS) is 18.5. The molecular weight excluding hydrogens is 278 g/mol. The molecule has 1 N–H and O–H groups in total. The molecule has 1 aliphatic heterocycles. The molecule has 0 spiro atoms. The summed E-state index contributed by atoms with van der Waals surface area (Å²) in [5, 5.41) is 7.17. The number of aryl methyl sites for hydroxylation is 1. The molecule has 2 aromatic rings. The summed E-state index contributed by atoms with van der Waals surface area (Å²) < 4.78 is 0. The Balaban J connectivity index is 1.71. The molecule has 6 heteroatoms. The Morgan fingerprint density at radius 2 is 2.23 bits per heavy atom. The van der Waals surface area contributed by atoms with Crippen LogP contribution < -0.4 is 0 Å². The molecule has 0 radical (unpaired) electrons. The van der Waals surface area contributed by atoms with Gasteiger partial charge < -0.3 is 4.90 Å². The summed E-state index contributed by atoms with van der Waals surface area (Å²) in [6, 6.07) is 3.98. The molecule has 3 heterocycles. The van der Waals surface area contributed by atoms with Crippen molar-refractivity contribution in [2.45, 2.75) is 33.1 Å². The number of aromatic nitrogens is 4. The smallest absolute Gasteiger partial charge is 0.219 e. The topological polar surface area (TPSA) is 74.8 Å². The van der Waals surface area contributed by atoms with E-state index in [1.165, 1.54) is 0 Å². The Bertz CT molecular complexity index is 666. The van der Waals surface area contributed by atoms with Crippen molar-refractivity contribution >= 4 is 5.91 Å². The van der Waals surface area contributed by atoms with E-state index in [0.29, 0.717) is 5.92 Å². The van der Waals surface area contributed by atoms with Gasteiger partial charge in [-0.15, -0.1) is 0 Å². The summed E-state index contributed by atoms with van der Waals surface area (Å²) in [6.45, 7) is 5.33. The zero-order valence-corrected chi connectivity index (χ0v) is 13.0. The molecule has 0 bridgehead atoms. The number of nitrogens with one attached hydrogen (secondary N) is 1. The number of likely N-dealkylation sites (tertiary alicyclic amines) is 1. The van der Waals surface area contributed by atoms with Gasteiger partial charge in [-0.2, -0.15) is 5.10 Å². The van der Waals surface area contributed by atoms with E-state index in [1.807, 2.05) is 24.0 Å². The monoisotopic (exact) mass is 299 g/mol. The average Bonchev–Trinajstić information content (AvgIpc) is 2.94. The van der Waals surface area contributed by atoms with Crippen LogP contribution in [0.1, 0.15) is 31.2 Å². The van der Waals surface area contributed by atoms with E-state index in [-0.39, 0.29) is 5.91 Å². The molecule has 1 fully saturated rings. The van der Waals surface area contributed by atoms with Crippen LogP contribution in [0.25, 0.3) is 11.4 Å². The van der Waals surface area contributed by atoms with Crippen molar-refractivity contribution in [1.82, 2.24) is 25.1 Å². The number of carbonyl (C=O) groups is 1. The largest absolute Gasteiger partial charge is 0.343 e. The SMILES string of the molecule is CC(=O)N1CCC[C@@H](Cc2cc(-c3cc(C)[nH]n3)ncn2)C1. The number of aromatic amines is 1. The quantitative estimate of drug-likeness (QED) is 0.940. The average molecular weight is 299 g/mol. The van der Waals surface area contributed by atoms with Gasteiger partial charge in [0.25, 0.3) is 0 Å². The summed E-state index contributed by atoms with van der Waals surface area (Å²) in [5.74, 6) is 0.640. The highest BCUT2D eigenvalue weighted by Gasteiger charge is 2.22. The third-order valence-electron chi connectivity index (χ3n) is 4.15. The highest BCUT2D eigenvalue weighted by molar-refractivity contribution is 5.73. The van der Waals surface area contributed by atoms with Gasteiger partial charge in [0.2, 0.25) is 5.91 Å². The predicted molar refractivity (Wildman–Crippen MR) is 83.0 cm³/mol. The molecule has 2 aromatic heterocycles. The van der Waals surface area contributed by atoms with E-state index in [1.54, 1.807) is 13.3 Å². The molecule has 1 aliphatic rings. The number of carbonyl (C=O) groups excluding carboxylic acids is 1. The van der Waals surface area contributed by atoms with Crippen molar-refractivity contribution in [3.05, 3.63) is 29.8 Å². The fourth-order valence-corrected chi connectivity index (χ4v) is 3.01. The lowest BCUT2D eigenvalue weighted by Gasteiger charge is -2.31. The second-order valence-corrected chi connectivity index (χ2v) is 6.01. The van der Waals surface area contributed by atoms with E-state index in [2.05, 4.69) is 20.2 Å². The zero-order valence-electron chi connectivity index (χ0n) is 13.0. The number of piperidine rings is 1. The van der Waals surface area contributed by atoms with Gasteiger partial charge >= 0.3 is 0 Å². The minimum Gasteiger partial charge on any atom is -0.343 e. The highest BCUT2D eigenvalue weighted by Crippen LogP contribution is 2.22. The molecule has 6 nitrogen and oxygen atoms in total. The van der Waals surface area contributed by atoms with E-state index >= 15 is 0 Å². The molecule has 0 aromatic carbocycles. The summed E-state index contributed by atoms with van der Waals surface area (Å²) >= 11 is 0. The van der Waals surface area contributed by atoms with Crippen molar-refractivity contribution in [1.29, 1.82) is 0 Å². The fourth-order valence-electron chi connectivity index (χ4n) is 3.01. The zero-order chi connectivity index (χ0) is 15.5. The second kappa shape index (κ2) is 6.25. The molecule has 116 valence electrons. The fraction of sp³-hybridized carbons (Fsp3) is 0.500. The first-order valence-electron chi connectivity index (χ1n) is 7.70. The van der Waals surface area contributed by atoms with Crippen LogP contribution in [0.4, 0.5) is 0 Å². The van der Waals surface area contributed by atoms with E-state index in [4.69, 9.17) is 0 Å². The molecule has 1 atom stereocenters. The lowest BCUT2D eigenvalue weighted by Crippen LogP contribution is -2.39. The van der Waals surface area contributed by atoms with Crippen molar-refractivity contribution in [3.8, 4) is 11.4 Å². The van der Waals surface area contributed by atoms with Crippen LogP contribution in [0.3, 0.4) is 0 Å². The molecule has 3 rings (SSSR count). The van der Waals surface area contributed by atoms with Crippen molar-refractivity contribution < 1.29 is 4.79 Å². The van der Waals surface area contributed by atoms with E-state index in [9.17, 15) is 4.79 Å². The number of hydrogen-bond acceptors (Lipinski definition) is 4. The maximum Gasteiger partial charge on any atom is 0.219 e. The highest BCUT2D eigenvalue weighted by atomic mass is 16.2. The first kappa shape index (κ1) is 14.7. The lowest BCUT2D eigenvalue weighted by atomic mass is 9.93. The molecule has 0 unspecified atom stereocenters. The third-order valence-corrected chi connectivity index (χ3v) is 4.15. The standard InChI is InChI=1S/C16H21N5O/c1-11-6-16(20-19-11)15-8-14(17-10-18-15)7-13-4-3-5-21(9-13)12(2)22/h6,8,10,13H,3-5,7,9H2,1-2H3,(H,19,20)/t13-/m0/s1. The number of H-pyrrole nitrogens is 1. The number of hydrogen-bond donors (Lipinski definition) is 1. The van der Waals surface area contributed by atoms with Crippen LogP contribution in [0.2, 0.25) is 0 Å². The minimum atomic E-state index is 0.167. The Kier molecular flexibility index (Phi) is 4.18. The first-order valence-corrected chi connectivity index (χ1v) is 7.70. The molecule has 1 amide bonds. The van der Waals surface area contributed by atoms with Gasteiger partial charge in [0.05, 0.1) is 5.69 Å². The Morgan fingerprint density at radius 1 is 1.36 bits per heavy atom. The van der Waals surface area contributed by atoms with Crippen LogP contribution >= 0.6 is 0 Å². The Hall–Kier alpha value is -2.24. The van der Waals surface area contributed by atoms with Gasteiger partial charge in [0.15, 0.2) is 0 Å². The maximum atomic E-state index is 11.5. The minimum absolute atomic E-state index is 0.167. The lowest BCUT2D eigenvalue weighted by molar-refractivity contribution is -0.130. The summed E-state index contributed by atoms with van der Waals surface area (Å²) in [7, 11) is 0. The van der Waals surface area contributed by atoms with E-state index in [0.717, 1.165) is 55.1 Å². The van der Waals surface area contributed by atoms with Crippen molar-refractivity contribution in [2.24, 2.45) is 5.92 Å². The second-order valence-electron chi connectivity index (χ2n) is 6.01. The van der Waals surface area contributed by atoms with Gasteiger partial charge in [-0.05, 0) is 44.2 Å². The van der Waals surface area contributed by atoms with Crippen molar-refractivity contribution in [3.63, 3.8) is 0 Å². The van der Waals surface area contributed by atoms with Gasteiger partial charge in [-0.1, -0.05) is 0 Å². The van der Waals surface area contributed by atoms with Gasteiger partial charge in [-0.25, -0.2) is 9.97 Å². The Morgan fingerprint density at radius 3 is 2.95 bits per heavy atom. The number of amides is 1. The van der Waals surface area contributed by atoms with Crippen LogP contribution in [-0.4, -0.2) is 44.1 Å². The summed E-state index contributed by atoms with van der Waals surface area (Å²) in [6.07, 6.45) is 4.69. The molecule has 0 saturated carbocycles. The van der Waals surface area contributed by atoms with Gasteiger partial charge in [0, 0.05) is 31.4 Å². The number of nitrogens with zero attached hydrogens (tertiary/aromatic N) is 4. The first-order chi connectivity index (χ1) is 10.6. The van der Waals surface area contributed by atoms with Crippen LogP contribution in [-0.2, 0) is 11.2 Å². The predicted octanol–water partition coefficient (Wildman–Crippen LogP) is 1.98. The third kappa shape index (κ3) is 3.32. The molecular formula is C16H21N5O. The van der Waals surface area contributed by atoms with E-state index < -0.39 is 0 Å². The Labute approximate surface area is 130 Å². The molecule has 22 heavy (non-hydrogen) atoms. The summed E-state index contributed by atoms with van der Waals surface area (Å²) in [4.78, 5) is 22.1. The van der Waals surface area contributed by atoms with Crippen LogP contribution in [0, 0.1) is 12.8 Å². The van der Waals surface area contributed by atoms with Crippen LogP contribution in [0.5, 0.6) is 0 Å². The van der Waals surface area contributed by atoms with Crippen molar-refractivity contribution in [2.75, 3.05) is 13.1 Å². The van der Waals surface area contributed by atoms with Crippen LogP contribution in [0.15, 0.2) is 18.5 Å².